The molecule has 47 heavy (non-hydrogen) atoms. The second kappa shape index (κ2) is 31.6. The highest BCUT2D eigenvalue weighted by Gasteiger charge is 2.25. The number of likely N-dealkylation sites (N-methyl/N-ethyl adjacent to an activating group) is 1. The van der Waals surface area contributed by atoms with Crippen LogP contribution < -0.4 is 0 Å². The van der Waals surface area contributed by atoms with E-state index in [1.54, 1.807) is 0 Å². The third kappa shape index (κ3) is 32.6. The number of carbonyl (C=O) groups excluding carboxylic acids is 2. The van der Waals surface area contributed by atoms with Gasteiger partial charge in [0.1, 0.15) is 13.2 Å². The minimum Gasteiger partial charge on any atom is -0.477 e. The Balaban J connectivity index is 4.48. The monoisotopic (exact) mass is 673 g/mol. The fourth-order valence-corrected chi connectivity index (χ4v) is 5.31. The van der Waals surface area contributed by atoms with Gasteiger partial charge in [-0.3, -0.25) is 9.59 Å². The summed E-state index contributed by atoms with van der Waals surface area (Å²) in [5.41, 5.74) is 0. The second-order valence-corrected chi connectivity index (χ2v) is 14.3. The first-order valence-corrected chi connectivity index (χ1v) is 19.2. The summed E-state index contributed by atoms with van der Waals surface area (Å²) in [6.07, 6.45) is 24.5. The summed E-state index contributed by atoms with van der Waals surface area (Å²) in [4.78, 5) is 36.7. The van der Waals surface area contributed by atoms with Crippen LogP contribution in [-0.2, 0) is 33.3 Å². The Morgan fingerprint density at radius 3 is 1.36 bits per heavy atom. The van der Waals surface area contributed by atoms with Crippen molar-refractivity contribution in [1.29, 1.82) is 0 Å². The summed E-state index contributed by atoms with van der Waals surface area (Å²) >= 11 is 0. The standard InChI is InChI=1S/C38H73NO8/c1-6-8-10-12-14-16-17-18-19-20-21-23-25-27-29-36(41)47-34(33-46-38(37(42)43)44-31-30-39(3,4)5)32-45-35(40)28-26-24-22-15-13-11-9-7-2/h34,38H,6-33H2,1-5H3/p+1. The van der Waals surface area contributed by atoms with E-state index in [0.717, 1.165) is 38.5 Å². The maximum absolute atomic E-state index is 12.6. The van der Waals surface area contributed by atoms with E-state index in [4.69, 9.17) is 18.9 Å². The molecule has 0 fully saturated rings. The second-order valence-electron chi connectivity index (χ2n) is 14.3. The molecule has 278 valence electrons. The molecule has 0 saturated heterocycles. The molecule has 1 N–H and O–H groups in total. The summed E-state index contributed by atoms with van der Waals surface area (Å²) < 4.78 is 22.6. The Morgan fingerprint density at radius 2 is 0.957 bits per heavy atom. The van der Waals surface area contributed by atoms with Crippen LogP contribution >= 0.6 is 0 Å². The number of hydrogen-bond acceptors (Lipinski definition) is 7. The van der Waals surface area contributed by atoms with Crippen molar-refractivity contribution in [2.75, 3.05) is 47.5 Å². The average molecular weight is 673 g/mol. The van der Waals surface area contributed by atoms with Crippen molar-refractivity contribution in [1.82, 2.24) is 0 Å². The van der Waals surface area contributed by atoms with E-state index < -0.39 is 24.3 Å². The molecule has 2 unspecified atom stereocenters. The molecule has 9 heteroatoms. The van der Waals surface area contributed by atoms with Crippen LogP contribution in [0.2, 0.25) is 0 Å². The predicted molar refractivity (Wildman–Crippen MR) is 189 cm³/mol. The van der Waals surface area contributed by atoms with Gasteiger partial charge in [-0.15, -0.1) is 0 Å². The zero-order chi connectivity index (χ0) is 35.0. The van der Waals surface area contributed by atoms with Gasteiger partial charge in [-0.05, 0) is 12.8 Å². The lowest BCUT2D eigenvalue weighted by molar-refractivity contribution is -0.870. The third-order valence-corrected chi connectivity index (χ3v) is 8.36. The molecular weight excluding hydrogens is 598 g/mol. The topological polar surface area (TPSA) is 108 Å². The number of carboxylic acids is 1. The molecular formula is C38H74NO8+. The van der Waals surface area contributed by atoms with Gasteiger partial charge < -0.3 is 28.5 Å². The first kappa shape index (κ1) is 45.3. The van der Waals surface area contributed by atoms with Gasteiger partial charge in [0.15, 0.2) is 6.10 Å². The molecule has 0 radical (unpaired) electrons. The molecule has 0 aliphatic rings. The van der Waals surface area contributed by atoms with E-state index >= 15 is 0 Å². The molecule has 0 aromatic rings. The van der Waals surface area contributed by atoms with Crippen LogP contribution in [0.25, 0.3) is 0 Å². The quantitative estimate of drug-likeness (QED) is 0.0308. The number of hydrogen-bond donors (Lipinski definition) is 1. The average Bonchev–Trinajstić information content (AvgIpc) is 3.02. The minimum atomic E-state index is -1.50. The van der Waals surface area contributed by atoms with E-state index in [1.807, 2.05) is 21.1 Å². The van der Waals surface area contributed by atoms with Crippen molar-refractivity contribution in [3.05, 3.63) is 0 Å². The van der Waals surface area contributed by atoms with Gasteiger partial charge in [0.25, 0.3) is 6.29 Å². The molecule has 0 aliphatic heterocycles. The highest BCUT2D eigenvalue weighted by atomic mass is 16.7. The lowest BCUT2D eigenvalue weighted by Crippen LogP contribution is -2.40. The normalized spacial score (nSPS) is 13.0. The summed E-state index contributed by atoms with van der Waals surface area (Å²) in [7, 11) is 5.94. The van der Waals surface area contributed by atoms with E-state index in [9.17, 15) is 19.5 Å². The van der Waals surface area contributed by atoms with Gasteiger partial charge >= 0.3 is 17.9 Å². The van der Waals surface area contributed by atoms with Crippen LogP contribution in [0.3, 0.4) is 0 Å². The lowest BCUT2D eigenvalue weighted by Gasteiger charge is -2.25. The largest absolute Gasteiger partial charge is 0.477 e. The van der Waals surface area contributed by atoms with Gasteiger partial charge in [-0.25, -0.2) is 4.79 Å². The Kier molecular flexibility index (Phi) is 30.4. The zero-order valence-corrected chi connectivity index (χ0v) is 31.2. The Hall–Kier alpha value is -1.71. The highest BCUT2D eigenvalue weighted by Crippen LogP contribution is 2.15. The van der Waals surface area contributed by atoms with Gasteiger partial charge in [0, 0.05) is 12.8 Å². The molecule has 2 atom stereocenters. The highest BCUT2D eigenvalue weighted by molar-refractivity contribution is 5.71. The minimum absolute atomic E-state index is 0.175. The van der Waals surface area contributed by atoms with Gasteiger partial charge in [0.05, 0.1) is 34.4 Å². The van der Waals surface area contributed by atoms with Crippen molar-refractivity contribution < 1.29 is 42.9 Å². The first-order chi connectivity index (χ1) is 22.6. The van der Waals surface area contributed by atoms with Crippen molar-refractivity contribution in [3.63, 3.8) is 0 Å². The Labute approximate surface area is 288 Å². The fourth-order valence-electron chi connectivity index (χ4n) is 5.31. The molecule has 9 nitrogen and oxygen atoms in total. The van der Waals surface area contributed by atoms with E-state index in [2.05, 4.69) is 13.8 Å². The Bertz CT molecular complexity index is 754. The Morgan fingerprint density at radius 1 is 0.553 bits per heavy atom. The smallest absolute Gasteiger partial charge is 0.361 e. The van der Waals surface area contributed by atoms with Gasteiger partial charge in [0.2, 0.25) is 0 Å². The summed E-state index contributed by atoms with van der Waals surface area (Å²) in [5.74, 6) is -2.00. The predicted octanol–water partition coefficient (Wildman–Crippen LogP) is 8.99. The number of rotatable bonds is 35. The van der Waals surface area contributed by atoms with Crippen molar-refractivity contribution in [2.24, 2.45) is 0 Å². The van der Waals surface area contributed by atoms with Crippen LogP contribution in [0, 0.1) is 0 Å². The molecule has 0 aliphatic carbocycles. The molecule has 0 bridgehead atoms. The van der Waals surface area contributed by atoms with Crippen LogP contribution in [-0.4, -0.2) is 87.4 Å². The zero-order valence-electron chi connectivity index (χ0n) is 31.2. The number of ether oxygens (including phenoxy) is 4. The number of unbranched alkanes of at least 4 members (excludes halogenated alkanes) is 20. The molecule has 0 spiro atoms. The number of aliphatic carboxylic acids is 1. The third-order valence-electron chi connectivity index (χ3n) is 8.36. The van der Waals surface area contributed by atoms with E-state index in [1.165, 1.54) is 103 Å². The van der Waals surface area contributed by atoms with Crippen LogP contribution in [0.5, 0.6) is 0 Å². The number of carbonyl (C=O) groups is 3. The molecule has 0 heterocycles. The molecule has 0 aromatic heterocycles. The van der Waals surface area contributed by atoms with Crippen molar-refractivity contribution >= 4 is 17.9 Å². The first-order valence-electron chi connectivity index (χ1n) is 19.2. The van der Waals surface area contributed by atoms with Crippen LogP contribution in [0.15, 0.2) is 0 Å². The van der Waals surface area contributed by atoms with Crippen molar-refractivity contribution in [2.45, 2.75) is 180 Å². The van der Waals surface area contributed by atoms with Gasteiger partial charge in [-0.1, -0.05) is 142 Å². The summed E-state index contributed by atoms with van der Waals surface area (Å²) in [6, 6.07) is 0. The molecule has 0 aromatic carbocycles. The SMILES string of the molecule is CCCCCCCCCCCCCCCCC(=O)OC(COC(=O)CCCCCCCCCC)COC(OCC[N+](C)(C)C)C(=O)O. The van der Waals surface area contributed by atoms with Crippen LogP contribution in [0.4, 0.5) is 0 Å². The van der Waals surface area contributed by atoms with E-state index in [0.29, 0.717) is 17.4 Å². The van der Waals surface area contributed by atoms with Gasteiger partial charge in [-0.2, -0.15) is 0 Å². The maximum Gasteiger partial charge on any atom is 0.361 e. The summed E-state index contributed by atoms with van der Waals surface area (Å²) in [5, 5.41) is 9.56. The molecule has 0 saturated carbocycles. The fraction of sp³-hybridized carbons (Fsp3) is 0.921. The number of esters is 2. The lowest BCUT2D eigenvalue weighted by atomic mass is 10.0. The molecule has 0 rings (SSSR count). The van der Waals surface area contributed by atoms with Crippen molar-refractivity contribution in [3.8, 4) is 0 Å². The maximum atomic E-state index is 12.6. The summed E-state index contributed by atoms with van der Waals surface area (Å²) in [6.45, 7) is 4.84. The number of nitrogens with zero attached hydrogens (tertiary/aromatic N) is 1. The number of quaternary nitrogens is 1. The van der Waals surface area contributed by atoms with E-state index in [-0.39, 0.29) is 32.2 Å². The number of carboxylic acid groups (broad SMARTS) is 1. The molecule has 0 amide bonds. The van der Waals surface area contributed by atoms with Crippen LogP contribution in [0.1, 0.15) is 168 Å².